The van der Waals surface area contributed by atoms with Gasteiger partial charge in [0.15, 0.2) is 0 Å². The maximum Gasteiger partial charge on any atom is 0.0857 e. The van der Waals surface area contributed by atoms with Gasteiger partial charge in [-0.1, -0.05) is 9.04 Å². The smallest absolute Gasteiger partial charge is 0.0857 e. The third-order valence-electron chi connectivity index (χ3n) is 0.433. The Morgan fingerprint density at radius 1 is 0.800 bits per heavy atom. The van der Waals surface area contributed by atoms with Crippen molar-refractivity contribution in [2.45, 2.75) is 0 Å². The minimum Gasteiger partial charge on any atom is -0.236 e. The molecule has 0 spiro atoms. The van der Waals surface area contributed by atoms with Gasteiger partial charge in [0.05, 0.1) is 24.3 Å². The fourth-order valence-electron chi connectivity index (χ4n) is 0.176. The van der Waals surface area contributed by atoms with E-state index in [0.717, 1.165) is 0 Å². The highest BCUT2D eigenvalue weighted by Crippen LogP contribution is 2.11. The van der Waals surface area contributed by atoms with Crippen molar-refractivity contribution in [2.24, 2.45) is 9.04 Å². The fourth-order valence-corrected chi connectivity index (χ4v) is 0.707. The van der Waals surface area contributed by atoms with Crippen LogP contribution in [0.5, 0.6) is 0 Å². The van der Waals surface area contributed by atoms with Gasteiger partial charge < -0.3 is 0 Å². The van der Waals surface area contributed by atoms with E-state index in [1.807, 2.05) is 36.8 Å². The summed E-state index contributed by atoms with van der Waals surface area (Å²) in [6.45, 7) is 0. The molecular weight excluding hydrogens is 168 g/mol. The zero-order valence-electron chi connectivity index (χ0n) is 6.61. The van der Waals surface area contributed by atoms with E-state index in [0.29, 0.717) is 0 Å². The number of nitrogens with zero attached hydrogens (tertiary/aromatic N) is 4. The van der Waals surface area contributed by atoms with Gasteiger partial charge in [0.25, 0.3) is 0 Å². The van der Waals surface area contributed by atoms with E-state index in [2.05, 4.69) is 9.04 Å². The molecule has 0 aromatic heterocycles. The molecule has 0 rings (SSSR count). The van der Waals surface area contributed by atoms with Crippen molar-refractivity contribution in [3.8, 4) is 0 Å². The Hall–Kier alpha value is 0.220. The van der Waals surface area contributed by atoms with E-state index in [-0.39, 0.29) is 0 Å². The molecule has 0 atom stereocenters. The third kappa shape index (κ3) is 8.22. The second-order valence-electron chi connectivity index (χ2n) is 1.95. The van der Waals surface area contributed by atoms with Crippen LogP contribution in [0.15, 0.2) is 9.04 Å². The molecule has 0 fully saturated rings. The molecule has 0 aromatic rings. The second-order valence-corrected chi connectivity index (χ2v) is 4.07. The molecule has 10 heavy (non-hydrogen) atoms. The van der Waals surface area contributed by atoms with Gasteiger partial charge in [-0.2, -0.15) is 0 Å². The molecule has 0 aliphatic heterocycles. The first-order valence-electron chi connectivity index (χ1n) is 2.72. The second kappa shape index (κ2) is 5.96. The van der Waals surface area contributed by atoms with Crippen LogP contribution in [0, 0.1) is 0 Å². The first-order valence-corrected chi connectivity index (χ1v) is 4.18. The van der Waals surface area contributed by atoms with Crippen LogP contribution < -0.4 is 0 Å². The van der Waals surface area contributed by atoms with E-state index in [1.165, 1.54) is 24.3 Å². The summed E-state index contributed by atoms with van der Waals surface area (Å²) in [5, 5.41) is 0. The Bertz CT molecular complexity index is 91.4. The Morgan fingerprint density at radius 2 is 1.10 bits per heavy atom. The molecule has 0 aromatic carbocycles. The van der Waals surface area contributed by atoms with E-state index < -0.39 is 0 Å². The Morgan fingerprint density at radius 3 is 1.30 bits per heavy atom. The van der Waals surface area contributed by atoms with Gasteiger partial charge in [-0.25, -0.2) is 8.61 Å². The first kappa shape index (κ1) is 10.2. The summed E-state index contributed by atoms with van der Waals surface area (Å²) in [6.07, 6.45) is 0. The highest BCUT2D eigenvalue weighted by atomic mass is 32.2. The molecule has 6 heteroatoms. The normalized spacial score (nSPS) is 12.2. The van der Waals surface area contributed by atoms with Crippen LogP contribution in [0.2, 0.25) is 0 Å². The van der Waals surface area contributed by atoms with Gasteiger partial charge in [0, 0.05) is 0 Å². The van der Waals surface area contributed by atoms with Crippen LogP contribution >= 0.6 is 24.3 Å². The Balaban J connectivity index is 3.20. The molecule has 0 radical (unpaired) electrons. The summed E-state index contributed by atoms with van der Waals surface area (Å²) in [5.74, 6) is 0. The van der Waals surface area contributed by atoms with Crippen molar-refractivity contribution in [1.82, 2.24) is 8.61 Å². The standard InChI is InChI=1S/C4H12N4S2/c1-7(2)9-5-6-10-8(3)4/h1-4H3/b6-5+. The predicted octanol–water partition coefficient (Wildman–Crippen LogP) is 1.69. The molecule has 0 amide bonds. The fraction of sp³-hybridized carbons (Fsp3) is 1.00. The number of hydrogen-bond acceptors (Lipinski definition) is 6. The predicted molar refractivity (Wildman–Crippen MR) is 47.4 cm³/mol. The lowest BCUT2D eigenvalue weighted by atomic mass is 11.3. The highest BCUT2D eigenvalue weighted by molar-refractivity contribution is 7.97. The van der Waals surface area contributed by atoms with Gasteiger partial charge in [0.1, 0.15) is 0 Å². The summed E-state index contributed by atoms with van der Waals surface area (Å²) in [5.41, 5.74) is 0. The number of hydrogen-bond donors (Lipinski definition) is 0. The maximum atomic E-state index is 3.80. The van der Waals surface area contributed by atoms with E-state index in [4.69, 9.17) is 0 Å². The van der Waals surface area contributed by atoms with Crippen LogP contribution in [0.4, 0.5) is 0 Å². The van der Waals surface area contributed by atoms with Crippen molar-refractivity contribution in [3.63, 3.8) is 0 Å². The quantitative estimate of drug-likeness (QED) is 0.486. The van der Waals surface area contributed by atoms with Crippen molar-refractivity contribution in [3.05, 3.63) is 0 Å². The lowest BCUT2D eigenvalue weighted by molar-refractivity contribution is 0.698. The summed E-state index contributed by atoms with van der Waals surface area (Å²) in [6, 6.07) is 0. The van der Waals surface area contributed by atoms with Crippen LogP contribution in [0.1, 0.15) is 0 Å². The largest absolute Gasteiger partial charge is 0.236 e. The average Bonchev–Trinajstić information content (AvgIpc) is 1.79. The van der Waals surface area contributed by atoms with Crippen molar-refractivity contribution < 1.29 is 0 Å². The minimum absolute atomic E-state index is 1.32. The molecule has 0 aliphatic carbocycles. The minimum atomic E-state index is 1.32. The molecular formula is C4H12N4S2. The van der Waals surface area contributed by atoms with Crippen molar-refractivity contribution in [2.75, 3.05) is 28.2 Å². The van der Waals surface area contributed by atoms with Gasteiger partial charge in [0.2, 0.25) is 0 Å². The zero-order chi connectivity index (χ0) is 7.98. The molecule has 0 saturated carbocycles. The topological polar surface area (TPSA) is 31.2 Å². The van der Waals surface area contributed by atoms with Crippen molar-refractivity contribution >= 4 is 24.3 Å². The molecule has 60 valence electrons. The van der Waals surface area contributed by atoms with Crippen LogP contribution in [0.3, 0.4) is 0 Å². The monoisotopic (exact) mass is 180 g/mol. The molecule has 0 N–H and O–H groups in total. The van der Waals surface area contributed by atoms with E-state index >= 15 is 0 Å². The summed E-state index contributed by atoms with van der Waals surface area (Å²) >= 11 is 2.63. The van der Waals surface area contributed by atoms with E-state index in [9.17, 15) is 0 Å². The summed E-state index contributed by atoms with van der Waals surface area (Å²) < 4.78 is 11.3. The maximum absolute atomic E-state index is 3.80. The lowest BCUT2D eigenvalue weighted by Gasteiger charge is -2.01. The molecule has 0 unspecified atom stereocenters. The molecule has 0 bridgehead atoms. The van der Waals surface area contributed by atoms with Crippen LogP contribution in [-0.4, -0.2) is 36.8 Å². The van der Waals surface area contributed by atoms with Gasteiger partial charge in [-0.3, -0.25) is 0 Å². The SMILES string of the molecule is CN(C)S/N=N/SN(C)C. The Kier molecular flexibility index (Phi) is 6.10. The van der Waals surface area contributed by atoms with Crippen LogP contribution in [0.25, 0.3) is 0 Å². The average molecular weight is 180 g/mol. The van der Waals surface area contributed by atoms with Gasteiger partial charge in [-0.15, -0.1) is 0 Å². The molecule has 0 saturated heterocycles. The zero-order valence-corrected chi connectivity index (χ0v) is 8.24. The molecule has 0 aliphatic rings. The van der Waals surface area contributed by atoms with Gasteiger partial charge in [-0.05, 0) is 28.2 Å². The lowest BCUT2D eigenvalue weighted by Crippen LogP contribution is -1.97. The summed E-state index contributed by atoms with van der Waals surface area (Å²) in [7, 11) is 7.68. The van der Waals surface area contributed by atoms with Crippen LogP contribution in [-0.2, 0) is 0 Å². The summed E-state index contributed by atoms with van der Waals surface area (Å²) in [4.78, 5) is 0. The highest BCUT2D eigenvalue weighted by Gasteiger charge is 1.87. The van der Waals surface area contributed by atoms with Gasteiger partial charge >= 0.3 is 0 Å². The van der Waals surface area contributed by atoms with Crippen molar-refractivity contribution in [1.29, 1.82) is 0 Å². The Labute approximate surface area is 70.6 Å². The first-order chi connectivity index (χ1) is 4.63. The molecule has 0 heterocycles. The molecule has 4 nitrogen and oxygen atoms in total. The third-order valence-corrected chi connectivity index (χ3v) is 1.50. The van der Waals surface area contributed by atoms with E-state index in [1.54, 1.807) is 0 Å². The number of rotatable bonds is 4.